The molecule has 0 atom stereocenters. The Balaban J connectivity index is 2.15. The van der Waals surface area contributed by atoms with Crippen molar-refractivity contribution in [3.63, 3.8) is 0 Å². The Kier molecular flexibility index (Phi) is 5.08. The van der Waals surface area contributed by atoms with Gasteiger partial charge in [-0.05, 0) is 0 Å². The molecule has 0 spiro atoms. The normalized spacial score (nSPS) is 18.4. The predicted octanol–water partition coefficient (Wildman–Crippen LogP) is -0.309. The molecule has 0 aromatic carbocycles. The number of nitrogens with zero attached hydrogens (tertiary/aromatic N) is 3. The zero-order valence-electron chi connectivity index (χ0n) is 9.11. The molecular weight excluding hydrogens is 194 g/mol. The van der Waals surface area contributed by atoms with Crippen molar-refractivity contribution in [2.45, 2.75) is 6.42 Å². The number of esters is 1. The molecule has 0 N–H and O–H groups in total. The van der Waals surface area contributed by atoms with Gasteiger partial charge in [-0.25, -0.2) is 0 Å². The Morgan fingerprint density at radius 3 is 2.47 bits per heavy atom. The molecule has 1 aliphatic rings. The van der Waals surface area contributed by atoms with Gasteiger partial charge in [-0.2, -0.15) is 5.26 Å². The number of ether oxygens (including phenoxy) is 1. The van der Waals surface area contributed by atoms with E-state index in [-0.39, 0.29) is 5.97 Å². The van der Waals surface area contributed by atoms with Gasteiger partial charge in [0.2, 0.25) is 0 Å². The topological polar surface area (TPSA) is 56.6 Å². The number of carbonyl (C=O) groups is 1. The van der Waals surface area contributed by atoms with Crippen LogP contribution in [0.1, 0.15) is 6.42 Å². The highest BCUT2D eigenvalue weighted by atomic mass is 16.5. The second-order valence-corrected chi connectivity index (χ2v) is 3.60. The van der Waals surface area contributed by atoms with Gasteiger partial charge in [0.05, 0.1) is 26.1 Å². The molecule has 1 saturated heterocycles. The number of hydrogen-bond acceptors (Lipinski definition) is 5. The summed E-state index contributed by atoms with van der Waals surface area (Å²) in [6.07, 6.45) is 0.453. The lowest BCUT2D eigenvalue weighted by molar-refractivity contribution is -0.141. The first-order chi connectivity index (χ1) is 7.26. The Labute approximate surface area is 90.2 Å². The number of nitriles is 1. The molecule has 1 fully saturated rings. The van der Waals surface area contributed by atoms with Gasteiger partial charge >= 0.3 is 5.97 Å². The molecule has 1 heterocycles. The monoisotopic (exact) mass is 211 g/mol. The minimum Gasteiger partial charge on any atom is -0.469 e. The highest BCUT2D eigenvalue weighted by Gasteiger charge is 2.16. The molecule has 0 radical (unpaired) electrons. The van der Waals surface area contributed by atoms with Crippen molar-refractivity contribution in [1.29, 1.82) is 5.26 Å². The largest absolute Gasteiger partial charge is 0.469 e. The first-order valence-electron chi connectivity index (χ1n) is 5.14. The quantitative estimate of drug-likeness (QED) is 0.471. The molecule has 15 heavy (non-hydrogen) atoms. The maximum atomic E-state index is 10.9. The molecule has 0 unspecified atom stereocenters. The van der Waals surface area contributed by atoms with E-state index in [4.69, 9.17) is 5.26 Å². The van der Waals surface area contributed by atoms with Crippen molar-refractivity contribution in [3.8, 4) is 6.07 Å². The second kappa shape index (κ2) is 6.38. The van der Waals surface area contributed by atoms with Crippen molar-refractivity contribution in [1.82, 2.24) is 9.80 Å². The molecule has 5 heteroatoms. The molecule has 0 aliphatic carbocycles. The number of rotatable bonds is 4. The van der Waals surface area contributed by atoms with E-state index in [1.807, 2.05) is 0 Å². The Hall–Kier alpha value is -1.12. The highest BCUT2D eigenvalue weighted by Crippen LogP contribution is 2.02. The number of piperazine rings is 1. The van der Waals surface area contributed by atoms with Crippen molar-refractivity contribution in [2.24, 2.45) is 0 Å². The van der Waals surface area contributed by atoms with Crippen LogP contribution < -0.4 is 0 Å². The summed E-state index contributed by atoms with van der Waals surface area (Å²) in [6.45, 7) is 4.94. The number of hydrogen-bond donors (Lipinski definition) is 0. The van der Waals surface area contributed by atoms with Gasteiger partial charge in [-0.3, -0.25) is 9.69 Å². The van der Waals surface area contributed by atoms with Gasteiger partial charge in [0.15, 0.2) is 0 Å². The molecule has 0 aromatic heterocycles. The van der Waals surface area contributed by atoms with E-state index in [0.29, 0.717) is 13.0 Å². The van der Waals surface area contributed by atoms with Gasteiger partial charge in [-0.1, -0.05) is 0 Å². The Bertz CT molecular complexity index is 242. The van der Waals surface area contributed by atoms with E-state index in [0.717, 1.165) is 32.7 Å². The lowest BCUT2D eigenvalue weighted by Crippen LogP contribution is -2.46. The summed E-state index contributed by atoms with van der Waals surface area (Å²) in [7, 11) is 1.41. The van der Waals surface area contributed by atoms with E-state index in [2.05, 4.69) is 20.6 Å². The smallest absolute Gasteiger partial charge is 0.306 e. The van der Waals surface area contributed by atoms with Crippen molar-refractivity contribution in [3.05, 3.63) is 0 Å². The van der Waals surface area contributed by atoms with Crippen LogP contribution in [-0.2, 0) is 9.53 Å². The minimum atomic E-state index is -0.158. The lowest BCUT2D eigenvalue weighted by Gasteiger charge is -2.32. The molecule has 5 nitrogen and oxygen atoms in total. The van der Waals surface area contributed by atoms with Crippen molar-refractivity contribution < 1.29 is 9.53 Å². The third kappa shape index (κ3) is 4.28. The van der Waals surface area contributed by atoms with Crippen molar-refractivity contribution in [2.75, 3.05) is 46.4 Å². The van der Waals surface area contributed by atoms with Gasteiger partial charge in [0.1, 0.15) is 0 Å². The predicted molar refractivity (Wildman–Crippen MR) is 55.1 cm³/mol. The maximum absolute atomic E-state index is 10.9. The van der Waals surface area contributed by atoms with Crippen LogP contribution in [-0.4, -0.2) is 62.1 Å². The zero-order valence-corrected chi connectivity index (χ0v) is 9.11. The molecule has 84 valence electrons. The van der Waals surface area contributed by atoms with E-state index in [1.165, 1.54) is 7.11 Å². The van der Waals surface area contributed by atoms with E-state index in [1.54, 1.807) is 0 Å². The van der Waals surface area contributed by atoms with Crippen molar-refractivity contribution >= 4 is 5.97 Å². The van der Waals surface area contributed by atoms with Gasteiger partial charge in [0.25, 0.3) is 0 Å². The van der Waals surface area contributed by atoms with Crippen LogP contribution >= 0.6 is 0 Å². The van der Waals surface area contributed by atoms with E-state index < -0.39 is 0 Å². The third-order valence-electron chi connectivity index (χ3n) is 2.62. The van der Waals surface area contributed by atoms with Crippen LogP contribution in [0.4, 0.5) is 0 Å². The standard InChI is InChI=1S/C10H17N3O2/c1-15-10(14)2-4-12-6-8-13(5-3-11)9-7-12/h2,4-9H2,1H3. The SMILES string of the molecule is COC(=O)CCN1CCN(CC#N)CC1. The van der Waals surface area contributed by atoms with Crippen LogP contribution in [0.15, 0.2) is 0 Å². The van der Waals surface area contributed by atoms with E-state index in [9.17, 15) is 4.79 Å². The molecule has 0 bridgehead atoms. The lowest BCUT2D eigenvalue weighted by atomic mass is 10.3. The van der Waals surface area contributed by atoms with Gasteiger partial charge in [0, 0.05) is 32.7 Å². The van der Waals surface area contributed by atoms with Crippen LogP contribution in [0, 0.1) is 11.3 Å². The van der Waals surface area contributed by atoms with Crippen LogP contribution in [0.5, 0.6) is 0 Å². The first-order valence-corrected chi connectivity index (χ1v) is 5.14. The average molecular weight is 211 g/mol. The summed E-state index contributed by atoms with van der Waals surface area (Å²) in [5, 5.41) is 8.53. The summed E-state index contributed by atoms with van der Waals surface area (Å²) in [4.78, 5) is 15.3. The second-order valence-electron chi connectivity index (χ2n) is 3.60. The minimum absolute atomic E-state index is 0.158. The third-order valence-corrected chi connectivity index (χ3v) is 2.62. The molecule has 1 rings (SSSR count). The van der Waals surface area contributed by atoms with Crippen LogP contribution in [0.25, 0.3) is 0 Å². The van der Waals surface area contributed by atoms with Gasteiger partial charge < -0.3 is 9.64 Å². The molecular formula is C10H17N3O2. The highest BCUT2D eigenvalue weighted by molar-refractivity contribution is 5.69. The summed E-state index contributed by atoms with van der Waals surface area (Å²) in [5.74, 6) is -0.158. The fourth-order valence-electron chi connectivity index (χ4n) is 1.62. The fourth-order valence-corrected chi connectivity index (χ4v) is 1.62. The van der Waals surface area contributed by atoms with Crippen LogP contribution in [0.2, 0.25) is 0 Å². The van der Waals surface area contributed by atoms with E-state index >= 15 is 0 Å². The molecule has 0 amide bonds. The summed E-state index contributed by atoms with van der Waals surface area (Å²) >= 11 is 0. The fraction of sp³-hybridized carbons (Fsp3) is 0.800. The maximum Gasteiger partial charge on any atom is 0.306 e. The molecule has 1 aliphatic heterocycles. The van der Waals surface area contributed by atoms with Gasteiger partial charge in [-0.15, -0.1) is 0 Å². The summed E-state index contributed by atoms with van der Waals surface area (Å²) in [6, 6.07) is 2.14. The molecule has 0 saturated carbocycles. The summed E-state index contributed by atoms with van der Waals surface area (Å²) < 4.78 is 4.58. The number of methoxy groups -OCH3 is 1. The Morgan fingerprint density at radius 2 is 1.93 bits per heavy atom. The number of carbonyl (C=O) groups excluding carboxylic acids is 1. The van der Waals surface area contributed by atoms with Crippen LogP contribution in [0.3, 0.4) is 0 Å². The zero-order chi connectivity index (χ0) is 11.1. The average Bonchev–Trinajstić information content (AvgIpc) is 2.28. The summed E-state index contributed by atoms with van der Waals surface area (Å²) in [5.41, 5.74) is 0. The Morgan fingerprint density at radius 1 is 1.33 bits per heavy atom. The molecule has 0 aromatic rings. The first kappa shape index (κ1) is 12.0.